The summed E-state index contributed by atoms with van der Waals surface area (Å²) in [6, 6.07) is 5.83. The van der Waals surface area contributed by atoms with Crippen LogP contribution < -0.4 is 9.64 Å². The van der Waals surface area contributed by atoms with Crippen LogP contribution in [0.4, 0.5) is 10.2 Å². The number of piperidine rings is 1. The highest BCUT2D eigenvalue weighted by Crippen LogP contribution is 2.35. The van der Waals surface area contributed by atoms with Crippen molar-refractivity contribution < 1.29 is 18.8 Å². The van der Waals surface area contributed by atoms with E-state index in [-0.39, 0.29) is 17.9 Å². The molecule has 1 atom stereocenters. The van der Waals surface area contributed by atoms with Crippen LogP contribution in [0.25, 0.3) is 0 Å². The lowest BCUT2D eigenvalue weighted by molar-refractivity contribution is -0.182. The molecule has 2 aromatic rings. The molecule has 29 heavy (non-hydrogen) atoms. The maximum absolute atomic E-state index is 13.8. The van der Waals surface area contributed by atoms with Gasteiger partial charge in [0.1, 0.15) is 18.0 Å². The summed E-state index contributed by atoms with van der Waals surface area (Å²) in [5.74, 6) is 0.663. The molecule has 3 heterocycles. The van der Waals surface area contributed by atoms with Crippen molar-refractivity contribution in [2.24, 2.45) is 5.92 Å². The molecule has 1 aromatic carbocycles. The summed E-state index contributed by atoms with van der Waals surface area (Å²) < 4.78 is 18.9. The zero-order valence-electron chi connectivity index (χ0n) is 16.1. The van der Waals surface area contributed by atoms with E-state index in [2.05, 4.69) is 14.9 Å². The van der Waals surface area contributed by atoms with Crippen LogP contribution in [-0.4, -0.2) is 47.7 Å². The van der Waals surface area contributed by atoms with E-state index in [0.29, 0.717) is 55.4 Å². The van der Waals surface area contributed by atoms with Crippen LogP contribution in [0.2, 0.25) is 5.02 Å². The molecule has 9 heteroatoms. The van der Waals surface area contributed by atoms with Crippen molar-refractivity contribution in [3.8, 4) is 5.88 Å². The van der Waals surface area contributed by atoms with E-state index >= 15 is 0 Å². The predicted octanol–water partition coefficient (Wildman–Crippen LogP) is 3.40. The number of hydrogen-bond donors (Lipinski definition) is 0. The molecule has 2 aliphatic heterocycles. The third-order valence-corrected chi connectivity index (χ3v) is 5.61. The van der Waals surface area contributed by atoms with Crippen molar-refractivity contribution in [1.82, 2.24) is 15.0 Å². The maximum Gasteiger partial charge on any atom is 0.249 e. The zero-order chi connectivity index (χ0) is 20.4. The Labute approximate surface area is 173 Å². The van der Waals surface area contributed by atoms with Gasteiger partial charge in [0.05, 0.1) is 19.8 Å². The first-order valence-corrected chi connectivity index (χ1v) is 9.96. The molecule has 0 saturated carbocycles. The highest BCUT2D eigenvalue weighted by atomic mass is 35.5. The zero-order valence-corrected chi connectivity index (χ0v) is 16.8. The largest absolute Gasteiger partial charge is 0.481 e. The van der Waals surface area contributed by atoms with Crippen molar-refractivity contribution in [2.45, 2.75) is 25.3 Å². The highest BCUT2D eigenvalue weighted by Gasteiger charge is 2.37. The number of ether oxygens (including phenoxy) is 1. The van der Waals surface area contributed by atoms with Gasteiger partial charge in [-0.2, -0.15) is 0 Å². The number of carbonyl (C=O) groups excluding carboxylic acids is 1. The molecule has 0 bridgehead atoms. The van der Waals surface area contributed by atoms with Gasteiger partial charge in [0.25, 0.3) is 0 Å². The normalized spacial score (nSPS) is 20.2. The topological polar surface area (TPSA) is 67.8 Å². The van der Waals surface area contributed by atoms with Gasteiger partial charge < -0.3 is 9.64 Å². The standard InChI is InChI=1S/C20H22ClFN4O3/c1-28-19-11-18(23-12-24-19)25-5-2-13(3-6-25)20(27)26-17(4-7-29-26)14-8-15(21)10-16(22)9-14/h8-13,17H,2-7H2,1H3/t17-/m0/s1. The van der Waals surface area contributed by atoms with Crippen molar-refractivity contribution in [3.63, 3.8) is 0 Å². The fraction of sp³-hybridized carbons (Fsp3) is 0.450. The molecule has 7 nitrogen and oxygen atoms in total. The maximum atomic E-state index is 13.8. The van der Waals surface area contributed by atoms with Crippen LogP contribution in [-0.2, 0) is 9.63 Å². The summed E-state index contributed by atoms with van der Waals surface area (Å²) >= 11 is 5.99. The number of aromatic nitrogens is 2. The third-order valence-electron chi connectivity index (χ3n) is 5.40. The van der Waals surface area contributed by atoms with Gasteiger partial charge in [0.15, 0.2) is 0 Å². The monoisotopic (exact) mass is 420 g/mol. The molecule has 1 amide bonds. The second kappa shape index (κ2) is 8.51. The average Bonchev–Trinajstić information content (AvgIpc) is 3.23. The summed E-state index contributed by atoms with van der Waals surface area (Å²) in [6.45, 7) is 1.81. The fourth-order valence-electron chi connectivity index (χ4n) is 3.91. The summed E-state index contributed by atoms with van der Waals surface area (Å²) in [7, 11) is 1.56. The summed E-state index contributed by atoms with van der Waals surface area (Å²) in [4.78, 5) is 29.2. The van der Waals surface area contributed by atoms with Crippen molar-refractivity contribution in [1.29, 1.82) is 0 Å². The third kappa shape index (κ3) is 4.28. The van der Waals surface area contributed by atoms with E-state index in [1.54, 1.807) is 19.2 Å². The number of amides is 1. The van der Waals surface area contributed by atoms with Gasteiger partial charge in [0.2, 0.25) is 11.8 Å². The smallest absolute Gasteiger partial charge is 0.249 e. The second-order valence-corrected chi connectivity index (χ2v) is 7.62. The highest BCUT2D eigenvalue weighted by molar-refractivity contribution is 6.30. The Bertz CT molecular complexity index is 872. The SMILES string of the molecule is COc1cc(N2CCC(C(=O)N3OCC[C@H]3c3cc(F)cc(Cl)c3)CC2)ncn1. The quantitative estimate of drug-likeness (QED) is 0.755. The van der Waals surface area contributed by atoms with Gasteiger partial charge in [-0.1, -0.05) is 11.6 Å². The van der Waals surface area contributed by atoms with Crippen LogP contribution >= 0.6 is 11.6 Å². The van der Waals surface area contributed by atoms with Crippen LogP contribution in [0.1, 0.15) is 30.9 Å². The minimum absolute atomic E-state index is 0.0622. The molecular weight excluding hydrogens is 399 g/mol. The number of anilines is 1. The van der Waals surface area contributed by atoms with Gasteiger partial charge in [0, 0.05) is 36.5 Å². The first-order chi connectivity index (χ1) is 14.0. The van der Waals surface area contributed by atoms with E-state index in [1.165, 1.54) is 23.5 Å². The molecule has 4 rings (SSSR count). The molecule has 0 aliphatic carbocycles. The van der Waals surface area contributed by atoms with Crippen molar-refractivity contribution >= 4 is 23.3 Å². The molecule has 0 N–H and O–H groups in total. The van der Waals surface area contributed by atoms with Gasteiger partial charge >= 0.3 is 0 Å². The Morgan fingerprint density at radius 1 is 1.21 bits per heavy atom. The lowest BCUT2D eigenvalue weighted by atomic mass is 9.94. The lowest BCUT2D eigenvalue weighted by Gasteiger charge is -2.34. The molecule has 1 aromatic heterocycles. The Hall–Kier alpha value is -2.45. The minimum atomic E-state index is -0.416. The van der Waals surface area contributed by atoms with Crippen LogP contribution in [0, 0.1) is 11.7 Å². The number of methoxy groups -OCH3 is 1. The first-order valence-electron chi connectivity index (χ1n) is 9.58. The Kier molecular flexibility index (Phi) is 5.82. The van der Waals surface area contributed by atoms with E-state index in [9.17, 15) is 9.18 Å². The number of benzene rings is 1. The van der Waals surface area contributed by atoms with E-state index < -0.39 is 5.82 Å². The van der Waals surface area contributed by atoms with Crippen LogP contribution in [0.3, 0.4) is 0 Å². The molecule has 0 radical (unpaired) electrons. The fourth-order valence-corrected chi connectivity index (χ4v) is 4.14. The number of carbonyl (C=O) groups is 1. The predicted molar refractivity (Wildman–Crippen MR) is 105 cm³/mol. The summed E-state index contributed by atoms with van der Waals surface area (Å²) in [5, 5.41) is 1.73. The summed E-state index contributed by atoms with van der Waals surface area (Å²) in [6.07, 6.45) is 3.45. The number of hydrogen-bond acceptors (Lipinski definition) is 6. The van der Waals surface area contributed by atoms with Crippen molar-refractivity contribution in [3.05, 3.63) is 47.0 Å². The molecule has 0 spiro atoms. The molecule has 154 valence electrons. The molecule has 2 aliphatic rings. The van der Waals surface area contributed by atoms with Crippen LogP contribution in [0.15, 0.2) is 30.6 Å². The molecular formula is C20H22ClFN4O3. The minimum Gasteiger partial charge on any atom is -0.481 e. The van der Waals surface area contributed by atoms with Crippen LogP contribution in [0.5, 0.6) is 5.88 Å². The van der Waals surface area contributed by atoms with Gasteiger partial charge in [-0.25, -0.2) is 19.4 Å². The second-order valence-electron chi connectivity index (χ2n) is 7.18. The number of rotatable bonds is 4. The first kappa shape index (κ1) is 19.8. The number of halogens is 2. The Morgan fingerprint density at radius 3 is 2.72 bits per heavy atom. The average molecular weight is 421 g/mol. The molecule has 0 unspecified atom stereocenters. The van der Waals surface area contributed by atoms with Crippen molar-refractivity contribution in [2.75, 3.05) is 31.7 Å². The Morgan fingerprint density at radius 2 is 2.00 bits per heavy atom. The van der Waals surface area contributed by atoms with E-state index in [1.807, 2.05) is 0 Å². The lowest BCUT2D eigenvalue weighted by Crippen LogP contribution is -2.42. The van der Waals surface area contributed by atoms with E-state index in [0.717, 1.165) is 5.82 Å². The summed E-state index contributed by atoms with van der Waals surface area (Å²) in [5.41, 5.74) is 0.659. The molecule has 2 saturated heterocycles. The number of hydroxylamine groups is 2. The molecule has 2 fully saturated rings. The van der Waals surface area contributed by atoms with Gasteiger partial charge in [-0.15, -0.1) is 0 Å². The number of nitrogens with zero attached hydrogens (tertiary/aromatic N) is 4. The van der Waals surface area contributed by atoms with E-state index in [4.69, 9.17) is 21.2 Å². The Balaban J connectivity index is 1.42. The van der Waals surface area contributed by atoms with Gasteiger partial charge in [-0.3, -0.25) is 9.63 Å². The van der Waals surface area contributed by atoms with Gasteiger partial charge in [-0.05, 0) is 36.6 Å².